The molecule has 34 heavy (non-hydrogen) atoms. The van der Waals surface area contributed by atoms with Gasteiger partial charge in [-0.1, -0.05) is 48.5 Å². The molecule has 2 aromatic rings. The van der Waals surface area contributed by atoms with E-state index >= 15 is 0 Å². The molecule has 176 valence electrons. The van der Waals surface area contributed by atoms with Crippen LogP contribution in [-0.2, 0) is 22.4 Å². The molecule has 1 atom stereocenters. The van der Waals surface area contributed by atoms with Crippen molar-refractivity contribution in [2.45, 2.75) is 38.6 Å². The lowest BCUT2D eigenvalue weighted by atomic mass is 9.57. The molecule has 0 bridgehead atoms. The van der Waals surface area contributed by atoms with Crippen LogP contribution in [0.1, 0.15) is 52.9 Å². The van der Waals surface area contributed by atoms with Gasteiger partial charge in [-0.15, -0.1) is 0 Å². The quantitative estimate of drug-likeness (QED) is 0.407. The first-order chi connectivity index (χ1) is 16.3. The van der Waals surface area contributed by atoms with Crippen LogP contribution in [0.25, 0.3) is 0 Å². The molecule has 7 heteroatoms. The van der Waals surface area contributed by atoms with Gasteiger partial charge in [0.2, 0.25) is 5.91 Å². The van der Waals surface area contributed by atoms with Crippen LogP contribution in [0.5, 0.6) is 0 Å². The molecule has 2 aliphatic heterocycles. The van der Waals surface area contributed by atoms with Crippen molar-refractivity contribution in [3.63, 3.8) is 0 Å². The highest BCUT2D eigenvalue weighted by atomic mass is 16.2. The number of guanidine groups is 1. The molecule has 7 nitrogen and oxygen atoms in total. The zero-order valence-corrected chi connectivity index (χ0v) is 19.4. The topological polar surface area (TPSA) is 108 Å². The van der Waals surface area contributed by atoms with Crippen LogP contribution in [0, 0.1) is 16.7 Å². The number of rotatable bonds is 5. The van der Waals surface area contributed by atoms with Gasteiger partial charge in [0.05, 0.1) is 0 Å². The Hall–Kier alpha value is -3.48. The third-order valence-electron chi connectivity index (χ3n) is 7.71. The largest absolute Gasteiger partial charge is 0.370 e. The van der Waals surface area contributed by atoms with Crippen molar-refractivity contribution in [1.29, 1.82) is 5.41 Å². The van der Waals surface area contributed by atoms with E-state index < -0.39 is 6.04 Å². The summed E-state index contributed by atoms with van der Waals surface area (Å²) >= 11 is 0. The number of carbonyl (C=O) groups excluding carboxylic acids is 3. The minimum absolute atomic E-state index is 0.00323. The Kier molecular flexibility index (Phi) is 5.50. The van der Waals surface area contributed by atoms with Crippen LogP contribution >= 0.6 is 0 Å². The van der Waals surface area contributed by atoms with E-state index in [1.807, 2.05) is 41.3 Å². The summed E-state index contributed by atoms with van der Waals surface area (Å²) in [6.45, 7) is 3.55. The Bertz CT molecular complexity index is 1160. The molecule has 1 spiro atoms. The number of amides is 1. The van der Waals surface area contributed by atoms with E-state index in [1.54, 1.807) is 17.0 Å². The van der Waals surface area contributed by atoms with Gasteiger partial charge >= 0.3 is 0 Å². The minimum Gasteiger partial charge on any atom is -0.370 e. The average molecular weight is 459 g/mol. The lowest BCUT2D eigenvalue weighted by Crippen LogP contribution is -2.66. The number of benzene rings is 2. The van der Waals surface area contributed by atoms with E-state index in [9.17, 15) is 14.4 Å². The first-order valence-corrected chi connectivity index (χ1v) is 11.9. The molecule has 1 aliphatic carbocycles. The Morgan fingerprint density at radius 2 is 1.74 bits per heavy atom. The second kappa shape index (κ2) is 8.38. The number of Topliss-reactive ketones (excluding diaryl/α,β-unsaturated/α-hetero) is 2. The second-order valence-electron chi connectivity index (χ2n) is 10.1. The van der Waals surface area contributed by atoms with E-state index in [1.165, 1.54) is 6.92 Å². The number of hydrogen-bond acceptors (Lipinski definition) is 4. The number of nitrogens with zero attached hydrogens (tertiary/aromatic N) is 2. The number of carbonyl (C=O) groups is 3. The lowest BCUT2D eigenvalue weighted by Gasteiger charge is -2.59. The Morgan fingerprint density at radius 1 is 1.06 bits per heavy atom. The van der Waals surface area contributed by atoms with Crippen molar-refractivity contribution in [3.05, 3.63) is 70.8 Å². The maximum absolute atomic E-state index is 13.6. The number of nitrogens with two attached hydrogens (primary N) is 1. The van der Waals surface area contributed by atoms with Crippen molar-refractivity contribution in [2.24, 2.45) is 17.1 Å². The molecule has 1 saturated carbocycles. The summed E-state index contributed by atoms with van der Waals surface area (Å²) in [5.41, 5.74) is 9.17. The fourth-order valence-electron chi connectivity index (χ4n) is 5.89. The number of nitrogens with one attached hydrogen (secondary N) is 1. The van der Waals surface area contributed by atoms with Gasteiger partial charge in [-0.25, -0.2) is 0 Å². The normalized spacial score (nSPS) is 20.8. The van der Waals surface area contributed by atoms with Crippen LogP contribution in [0.2, 0.25) is 0 Å². The van der Waals surface area contributed by atoms with Gasteiger partial charge in [0.15, 0.2) is 17.5 Å². The summed E-state index contributed by atoms with van der Waals surface area (Å²) in [5.74, 6) is 0.0646. The van der Waals surface area contributed by atoms with Crippen LogP contribution < -0.4 is 5.73 Å². The Morgan fingerprint density at radius 3 is 2.38 bits per heavy atom. The van der Waals surface area contributed by atoms with Crippen molar-refractivity contribution in [1.82, 2.24) is 9.80 Å². The van der Waals surface area contributed by atoms with Crippen LogP contribution in [0.3, 0.4) is 0 Å². The van der Waals surface area contributed by atoms with Gasteiger partial charge in [-0.3, -0.25) is 19.8 Å². The van der Waals surface area contributed by atoms with Crippen LogP contribution in [0.15, 0.2) is 48.5 Å². The molecule has 2 fully saturated rings. The summed E-state index contributed by atoms with van der Waals surface area (Å²) in [7, 11) is 0. The Balaban J connectivity index is 1.33. The molecule has 1 saturated heterocycles. The van der Waals surface area contributed by atoms with Crippen LogP contribution in [0.4, 0.5) is 0 Å². The second-order valence-corrected chi connectivity index (χ2v) is 10.1. The molecule has 2 aromatic carbocycles. The molecule has 2 heterocycles. The predicted octanol–water partition coefficient (Wildman–Crippen LogP) is 2.73. The summed E-state index contributed by atoms with van der Waals surface area (Å²) in [6.07, 6.45) is 2.54. The molecule has 0 aromatic heterocycles. The fourth-order valence-corrected chi connectivity index (χ4v) is 5.89. The third-order valence-corrected chi connectivity index (χ3v) is 7.71. The summed E-state index contributed by atoms with van der Waals surface area (Å²) in [6, 6.07) is 14.5. The summed E-state index contributed by atoms with van der Waals surface area (Å²) < 4.78 is 0. The van der Waals surface area contributed by atoms with Gasteiger partial charge in [-0.2, -0.15) is 0 Å². The summed E-state index contributed by atoms with van der Waals surface area (Å²) in [4.78, 5) is 42.4. The van der Waals surface area contributed by atoms with Gasteiger partial charge < -0.3 is 15.5 Å². The molecule has 3 N–H and O–H groups in total. The van der Waals surface area contributed by atoms with Crippen molar-refractivity contribution in [2.75, 3.05) is 19.6 Å². The lowest BCUT2D eigenvalue weighted by molar-refractivity contribution is -0.155. The molecule has 0 unspecified atom stereocenters. The van der Waals surface area contributed by atoms with Gasteiger partial charge in [0, 0.05) is 43.0 Å². The van der Waals surface area contributed by atoms with Crippen LogP contribution in [-0.4, -0.2) is 52.9 Å². The SMILES string of the molecule is CC(=O)c1ccc(CC(=O)[C@@H]2c3ccccc3CCN2C(=O)C2CC3(C2)CN(C(=N)N)C3)cc1. The molecule has 1 amide bonds. The van der Waals surface area contributed by atoms with Gasteiger partial charge in [0.25, 0.3) is 0 Å². The van der Waals surface area contributed by atoms with E-state index in [2.05, 4.69) is 0 Å². The zero-order chi connectivity index (χ0) is 24.0. The molecule has 0 radical (unpaired) electrons. The zero-order valence-electron chi connectivity index (χ0n) is 19.4. The molecule has 3 aliphatic rings. The number of fused-ring (bicyclic) bond motifs is 1. The highest BCUT2D eigenvalue weighted by molar-refractivity contribution is 5.95. The minimum atomic E-state index is -0.586. The number of hydrogen-bond donors (Lipinski definition) is 2. The Labute approximate surface area is 199 Å². The van der Waals surface area contributed by atoms with E-state index in [-0.39, 0.29) is 41.2 Å². The maximum Gasteiger partial charge on any atom is 0.226 e. The standard InChI is InChI=1S/C27H30N4O3/c1-17(32)19-8-6-18(7-9-19)12-23(33)24-22-5-3-2-4-20(22)10-11-31(24)25(34)21-13-27(14-21)15-30(16-27)26(28)29/h2-9,21,24H,10-16H2,1H3,(H3,28,29)/t24-/m0/s1. The van der Waals surface area contributed by atoms with Crippen molar-refractivity contribution < 1.29 is 14.4 Å². The number of likely N-dealkylation sites (tertiary alicyclic amines) is 1. The predicted molar refractivity (Wildman–Crippen MR) is 128 cm³/mol. The number of ketones is 2. The van der Waals surface area contributed by atoms with Gasteiger partial charge in [0.1, 0.15) is 6.04 Å². The van der Waals surface area contributed by atoms with E-state index in [4.69, 9.17) is 11.1 Å². The average Bonchev–Trinajstić information content (AvgIpc) is 2.76. The maximum atomic E-state index is 13.6. The molecule has 5 rings (SSSR count). The smallest absolute Gasteiger partial charge is 0.226 e. The third kappa shape index (κ3) is 3.89. The molecular formula is C27H30N4O3. The van der Waals surface area contributed by atoms with E-state index in [0.29, 0.717) is 12.1 Å². The first-order valence-electron chi connectivity index (χ1n) is 11.9. The van der Waals surface area contributed by atoms with Crippen molar-refractivity contribution in [3.8, 4) is 0 Å². The van der Waals surface area contributed by atoms with Crippen molar-refractivity contribution >= 4 is 23.4 Å². The molecular weight excluding hydrogens is 428 g/mol. The monoisotopic (exact) mass is 458 g/mol. The van der Waals surface area contributed by atoms with Gasteiger partial charge in [-0.05, 0) is 42.9 Å². The highest BCUT2D eigenvalue weighted by Gasteiger charge is 2.56. The fraction of sp³-hybridized carbons (Fsp3) is 0.407. The first kappa shape index (κ1) is 22.3. The summed E-state index contributed by atoms with van der Waals surface area (Å²) in [5, 5.41) is 7.56. The highest BCUT2D eigenvalue weighted by Crippen LogP contribution is 2.53. The van der Waals surface area contributed by atoms with E-state index in [0.717, 1.165) is 49.0 Å².